The molecule has 7 nitrogen and oxygen atoms in total. The van der Waals surface area contributed by atoms with Crippen molar-refractivity contribution < 1.29 is 28.6 Å². The number of anilines is 1. The van der Waals surface area contributed by atoms with E-state index in [0.717, 1.165) is 11.3 Å². The summed E-state index contributed by atoms with van der Waals surface area (Å²) >= 11 is 0. The van der Waals surface area contributed by atoms with Gasteiger partial charge in [0.05, 0.1) is 27.4 Å². The lowest BCUT2D eigenvalue weighted by Gasteiger charge is -2.37. The van der Waals surface area contributed by atoms with Gasteiger partial charge in [-0.15, -0.1) is 0 Å². The van der Waals surface area contributed by atoms with Crippen LogP contribution in [0, 0.1) is 5.41 Å². The van der Waals surface area contributed by atoms with E-state index in [1.165, 1.54) is 21.3 Å². The third-order valence-corrected chi connectivity index (χ3v) is 9.09. The highest BCUT2D eigenvalue weighted by atomic mass is 16.5. The summed E-state index contributed by atoms with van der Waals surface area (Å²) in [4.78, 5) is 46.4. The number of carbonyl (C=O) groups is 3. The van der Waals surface area contributed by atoms with Crippen LogP contribution in [-0.4, -0.2) is 50.8 Å². The van der Waals surface area contributed by atoms with Crippen molar-refractivity contribution in [3.8, 4) is 17.2 Å². The normalized spacial score (nSPS) is 20.9. The van der Waals surface area contributed by atoms with Gasteiger partial charge < -0.3 is 19.1 Å². The van der Waals surface area contributed by atoms with Crippen LogP contribution in [0.25, 0.3) is 6.08 Å². The monoisotopic (exact) mass is 571 g/mol. The van der Waals surface area contributed by atoms with Crippen LogP contribution in [0.1, 0.15) is 48.1 Å². The fourth-order valence-electron chi connectivity index (χ4n) is 7.34. The van der Waals surface area contributed by atoms with Crippen LogP contribution in [0.3, 0.4) is 0 Å². The first-order valence-corrected chi connectivity index (χ1v) is 14.1. The van der Waals surface area contributed by atoms with Gasteiger partial charge in [0.1, 0.15) is 11.5 Å². The first-order chi connectivity index (χ1) is 21.0. The van der Waals surface area contributed by atoms with Crippen molar-refractivity contribution in [1.29, 1.82) is 0 Å². The van der Waals surface area contributed by atoms with Crippen molar-refractivity contribution in [2.45, 2.75) is 18.0 Å². The number of benzene rings is 4. The van der Waals surface area contributed by atoms with Crippen molar-refractivity contribution in [1.82, 2.24) is 0 Å². The van der Waals surface area contributed by atoms with Crippen molar-refractivity contribution in [2.75, 3.05) is 26.2 Å². The molecule has 2 aliphatic heterocycles. The van der Waals surface area contributed by atoms with E-state index in [9.17, 15) is 14.4 Å². The molecule has 7 rings (SSSR count). The summed E-state index contributed by atoms with van der Waals surface area (Å²) in [5, 5.41) is 0. The van der Waals surface area contributed by atoms with Gasteiger partial charge in [-0.1, -0.05) is 84.9 Å². The van der Waals surface area contributed by atoms with E-state index in [2.05, 4.69) is 0 Å². The number of rotatable bonds is 6. The predicted molar refractivity (Wildman–Crippen MR) is 163 cm³/mol. The maximum absolute atomic E-state index is 14.8. The molecule has 1 saturated heterocycles. The van der Waals surface area contributed by atoms with E-state index in [0.29, 0.717) is 39.5 Å². The topological polar surface area (TPSA) is 82.1 Å². The lowest BCUT2D eigenvalue weighted by atomic mass is 9.64. The van der Waals surface area contributed by atoms with Gasteiger partial charge in [-0.05, 0) is 29.3 Å². The van der Waals surface area contributed by atoms with Crippen LogP contribution in [0.4, 0.5) is 5.69 Å². The molecule has 0 aromatic heterocycles. The van der Waals surface area contributed by atoms with Crippen molar-refractivity contribution in [2.24, 2.45) is 5.41 Å². The molecule has 0 bridgehead atoms. The van der Waals surface area contributed by atoms with Crippen molar-refractivity contribution in [3.05, 3.63) is 125 Å². The Kier molecular flexibility index (Phi) is 6.20. The highest BCUT2D eigenvalue weighted by molar-refractivity contribution is 6.32. The molecule has 1 aliphatic carbocycles. The number of methoxy groups -OCH3 is 3. The van der Waals surface area contributed by atoms with E-state index in [1.807, 2.05) is 59.5 Å². The second-order valence-corrected chi connectivity index (χ2v) is 11.0. The van der Waals surface area contributed by atoms with Crippen LogP contribution in [-0.2, 0) is 0 Å². The van der Waals surface area contributed by atoms with Crippen LogP contribution < -0.4 is 19.1 Å². The summed E-state index contributed by atoms with van der Waals surface area (Å²) in [6.45, 7) is 0. The van der Waals surface area contributed by atoms with E-state index >= 15 is 0 Å². The molecule has 4 aromatic rings. The minimum Gasteiger partial charge on any atom is -0.493 e. The Hall–Kier alpha value is -5.17. The molecule has 3 atom stereocenters. The number of hydrogen-bond donors (Lipinski definition) is 0. The van der Waals surface area contributed by atoms with Crippen LogP contribution in [0.15, 0.2) is 97.1 Å². The Bertz CT molecular complexity index is 1770. The van der Waals surface area contributed by atoms with Gasteiger partial charge in [-0.2, -0.15) is 0 Å². The van der Waals surface area contributed by atoms with Crippen molar-refractivity contribution >= 4 is 29.1 Å². The number of fused-ring (bicyclic) bond motifs is 5. The number of ether oxygens (including phenoxy) is 3. The second-order valence-electron chi connectivity index (χ2n) is 11.0. The zero-order chi connectivity index (χ0) is 29.9. The summed E-state index contributed by atoms with van der Waals surface area (Å²) in [7, 11) is 4.55. The molecule has 1 fully saturated rings. The van der Waals surface area contributed by atoms with E-state index in [-0.39, 0.29) is 17.3 Å². The number of carbonyl (C=O) groups excluding carboxylic acids is 3. The Morgan fingerprint density at radius 2 is 1.33 bits per heavy atom. The molecule has 1 spiro atoms. The maximum Gasteiger partial charge on any atom is 0.203 e. The van der Waals surface area contributed by atoms with Gasteiger partial charge >= 0.3 is 0 Å². The van der Waals surface area contributed by atoms with Crippen LogP contribution in [0.2, 0.25) is 0 Å². The number of para-hydroxylation sites is 1. The fourth-order valence-corrected chi connectivity index (χ4v) is 7.34. The standard InChI is InChI=1S/C36H29NO6/c1-41-27-19-23(20-28(42-2)33(27)43-3)30-31(32(38)22-12-5-4-6-13-22)37-26-16-10-7-11-21(26)17-18-29(37)36(30)34(39)24-14-8-9-15-25(24)35(36)40/h4-20,29-31H,1-3H3/t29-,30-,31-/m1/s1. The molecule has 4 aromatic carbocycles. The summed E-state index contributed by atoms with van der Waals surface area (Å²) in [6, 6.07) is 25.6. The summed E-state index contributed by atoms with van der Waals surface area (Å²) in [5.41, 5.74) is 1.85. The number of hydrogen-bond acceptors (Lipinski definition) is 7. The minimum atomic E-state index is -1.63. The Labute approximate surface area is 249 Å². The third-order valence-electron chi connectivity index (χ3n) is 9.09. The van der Waals surface area contributed by atoms with Gasteiger partial charge in [0, 0.05) is 28.3 Å². The van der Waals surface area contributed by atoms with Gasteiger partial charge in [0.2, 0.25) is 5.75 Å². The largest absolute Gasteiger partial charge is 0.493 e. The zero-order valence-corrected chi connectivity index (χ0v) is 23.9. The highest BCUT2D eigenvalue weighted by Gasteiger charge is 2.71. The van der Waals surface area contributed by atoms with Gasteiger partial charge in [-0.25, -0.2) is 0 Å². The van der Waals surface area contributed by atoms with Crippen LogP contribution >= 0.6 is 0 Å². The summed E-state index contributed by atoms with van der Waals surface area (Å²) in [6.07, 6.45) is 3.86. The fraction of sp³-hybridized carbons (Fsp3) is 0.194. The smallest absolute Gasteiger partial charge is 0.203 e. The molecule has 0 unspecified atom stereocenters. The molecule has 2 heterocycles. The van der Waals surface area contributed by atoms with Gasteiger partial charge in [0.15, 0.2) is 28.8 Å². The average Bonchev–Trinajstić information content (AvgIpc) is 3.50. The maximum atomic E-state index is 14.8. The Balaban J connectivity index is 1.58. The number of Topliss-reactive ketones (excluding diaryl/α,β-unsaturated/α-hetero) is 3. The summed E-state index contributed by atoms with van der Waals surface area (Å²) < 4.78 is 17.0. The SMILES string of the molecule is COc1cc([C@@H]2[C@H](C(=O)c3ccccc3)N3c4ccccc4C=C[C@@H]3C23C(=O)c2ccccc2C3=O)cc(OC)c1OC. The first-order valence-electron chi connectivity index (χ1n) is 14.1. The molecular formula is C36H29NO6. The third kappa shape index (κ3) is 3.57. The van der Waals surface area contributed by atoms with Crippen molar-refractivity contribution in [3.63, 3.8) is 0 Å². The molecule has 7 heteroatoms. The zero-order valence-electron chi connectivity index (χ0n) is 23.9. The molecule has 0 radical (unpaired) electrons. The highest BCUT2D eigenvalue weighted by Crippen LogP contribution is 2.61. The molecule has 3 aliphatic rings. The predicted octanol–water partition coefficient (Wildman–Crippen LogP) is 6.03. The first kappa shape index (κ1) is 26.7. The molecule has 0 saturated carbocycles. The quantitative estimate of drug-likeness (QED) is 0.207. The molecule has 0 N–H and O–H groups in total. The Morgan fingerprint density at radius 1 is 0.744 bits per heavy atom. The molecule has 0 amide bonds. The lowest BCUT2D eigenvalue weighted by Crippen LogP contribution is -2.48. The average molecular weight is 572 g/mol. The van der Waals surface area contributed by atoms with Gasteiger partial charge in [-0.3, -0.25) is 14.4 Å². The number of nitrogens with zero attached hydrogens (tertiary/aromatic N) is 1. The Morgan fingerprint density at radius 3 is 1.93 bits per heavy atom. The van der Waals surface area contributed by atoms with Gasteiger partial charge in [0.25, 0.3) is 0 Å². The van der Waals surface area contributed by atoms with E-state index in [4.69, 9.17) is 14.2 Å². The molecule has 43 heavy (non-hydrogen) atoms. The second kappa shape index (κ2) is 9.98. The molecular weight excluding hydrogens is 542 g/mol. The van der Waals surface area contributed by atoms with Crippen LogP contribution in [0.5, 0.6) is 17.2 Å². The molecule has 214 valence electrons. The van der Waals surface area contributed by atoms with E-state index < -0.39 is 23.4 Å². The van der Waals surface area contributed by atoms with E-state index in [1.54, 1.807) is 48.5 Å². The number of ketones is 3. The lowest BCUT2D eigenvalue weighted by molar-refractivity contribution is 0.0665. The summed E-state index contributed by atoms with van der Waals surface area (Å²) in [5.74, 6) is -0.571. The minimum absolute atomic E-state index is 0.192.